The Hall–Kier alpha value is -2.63. The molecule has 3 rings (SSSR count). The van der Waals surface area contributed by atoms with Gasteiger partial charge in [-0.2, -0.15) is 4.98 Å². The Kier molecular flexibility index (Phi) is 3.43. The summed E-state index contributed by atoms with van der Waals surface area (Å²) in [6.07, 6.45) is 2.63. The number of aromatic nitrogens is 4. The molecule has 0 aliphatic rings. The zero-order valence-corrected chi connectivity index (χ0v) is 12.1. The van der Waals surface area contributed by atoms with E-state index in [9.17, 15) is 0 Å². The van der Waals surface area contributed by atoms with Crippen LogP contribution in [0.3, 0.4) is 0 Å². The fourth-order valence-corrected chi connectivity index (χ4v) is 2.31. The number of nitrogens with two attached hydrogens (primary N) is 1. The highest BCUT2D eigenvalue weighted by Gasteiger charge is 2.05. The molecule has 21 heavy (non-hydrogen) atoms. The van der Waals surface area contributed by atoms with Crippen LogP contribution in [0.2, 0.25) is 0 Å². The topological polar surface area (TPSA) is 92.5 Å². The van der Waals surface area contributed by atoms with E-state index >= 15 is 0 Å². The molecule has 0 bridgehead atoms. The van der Waals surface area contributed by atoms with E-state index in [4.69, 9.17) is 5.73 Å². The number of H-pyrrole nitrogens is 1. The first-order chi connectivity index (χ1) is 10.2. The van der Waals surface area contributed by atoms with Gasteiger partial charge in [-0.3, -0.25) is 0 Å². The number of imidazole rings is 1. The van der Waals surface area contributed by atoms with E-state index in [1.165, 1.54) is 0 Å². The van der Waals surface area contributed by atoms with Crippen LogP contribution in [0.1, 0.15) is 23.9 Å². The van der Waals surface area contributed by atoms with E-state index in [2.05, 4.69) is 44.3 Å². The van der Waals surface area contributed by atoms with Gasteiger partial charge in [0.25, 0.3) is 0 Å². The lowest BCUT2D eigenvalue weighted by Gasteiger charge is -2.10. The lowest BCUT2D eigenvalue weighted by Crippen LogP contribution is -2.07. The highest BCUT2D eigenvalue weighted by Crippen LogP contribution is 2.17. The summed E-state index contributed by atoms with van der Waals surface area (Å²) in [5.41, 5.74) is 9.90. The van der Waals surface area contributed by atoms with Crippen LogP contribution in [0.15, 0.2) is 24.4 Å². The number of hydrogen-bond acceptors (Lipinski definition) is 5. The second kappa shape index (κ2) is 5.40. The van der Waals surface area contributed by atoms with Crippen LogP contribution in [0.25, 0.3) is 11.0 Å². The number of nitrogens with zero attached hydrogens (tertiary/aromatic N) is 3. The third kappa shape index (κ3) is 2.79. The molecule has 0 radical (unpaired) electrons. The molecule has 0 aliphatic carbocycles. The van der Waals surface area contributed by atoms with Crippen LogP contribution in [0.4, 0.5) is 11.8 Å². The van der Waals surface area contributed by atoms with Crippen molar-refractivity contribution < 1.29 is 0 Å². The largest absolute Gasteiger partial charge is 0.368 e. The van der Waals surface area contributed by atoms with Crippen molar-refractivity contribution in [2.75, 3.05) is 11.1 Å². The molecular formula is C15H18N6. The Morgan fingerprint density at radius 1 is 1.29 bits per heavy atom. The van der Waals surface area contributed by atoms with Crippen LogP contribution < -0.4 is 11.1 Å². The Bertz CT molecular complexity index is 777. The first-order valence-corrected chi connectivity index (χ1v) is 6.96. The predicted molar refractivity (Wildman–Crippen MR) is 84.0 cm³/mol. The van der Waals surface area contributed by atoms with E-state index in [1.54, 1.807) is 6.20 Å². The third-order valence-electron chi connectivity index (χ3n) is 3.39. The zero-order chi connectivity index (χ0) is 14.8. The third-order valence-corrected chi connectivity index (χ3v) is 3.39. The second-order valence-corrected chi connectivity index (χ2v) is 4.98. The summed E-state index contributed by atoms with van der Waals surface area (Å²) in [7, 11) is 0. The van der Waals surface area contributed by atoms with E-state index < -0.39 is 0 Å². The SMILES string of the molecule is CCc1cnc(N)nc1NCc1ccc2nc(C)[nH]c2c1. The summed E-state index contributed by atoms with van der Waals surface area (Å²) in [5.74, 6) is 2.01. The van der Waals surface area contributed by atoms with Crippen molar-refractivity contribution in [1.29, 1.82) is 0 Å². The molecule has 108 valence electrons. The first-order valence-electron chi connectivity index (χ1n) is 6.96. The molecular weight excluding hydrogens is 264 g/mol. The normalized spacial score (nSPS) is 11.0. The van der Waals surface area contributed by atoms with Crippen molar-refractivity contribution in [3.8, 4) is 0 Å². The molecule has 0 spiro atoms. The fraction of sp³-hybridized carbons (Fsp3) is 0.267. The maximum atomic E-state index is 5.65. The van der Waals surface area contributed by atoms with Crippen molar-refractivity contribution in [3.63, 3.8) is 0 Å². The van der Waals surface area contributed by atoms with E-state index in [0.717, 1.165) is 40.2 Å². The van der Waals surface area contributed by atoms with Gasteiger partial charge >= 0.3 is 0 Å². The molecule has 0 amide bonds. The zero-order valence-electron chi connectivity index (χ0n) is 12.1. The van der Waals surface area contributed by atoms with Gasteiger partial charge in [-0.1, -0.05) is 13.0 Å². The summed E-state index contributed by atoms with van der Waals surface area (Å²) in [5, 5.41) is 3.33. The van der Waals surface area contributed by atoms with Crippen LogP contribution in [0.5, 0.6) is 0 Å². The minimum Gasteiger partial charge on any atom is -0.368 e. The van der Waals surface area contributed by atoms with Crippen molar-refractivity contribution in [2.45, 2.75) is 26.8 Å². The number of nitrogens with one attached hydrogen (secondary N) is 2. The van der Waals surface area contributed by atoms with Crippen LogP contribution in [-0.4, -0.2) is 19.9 Å². The van der Waals surface area contributed by atoms with Crippen molar-refractivity contribution in [2.24, 2.45) is 0 Å². The second-order valence-electron chi connectivity index (χ2n) is 4.98. The average Bonchev–Trinajstić information content (AvgIpc) is 2.84. The van der Waals surface area contributed by atoms with E-state index in [-0.39, 0.29) is 5.95 Å². The van der Waals surface area contributed by atoms with Crippen molar-refractivity contribution in [3.05, 3.63) is 41.3 Å². The Morgan fingerprint density at radius 3 is 2.95 bits per heavy atom. The fourth-order valence-electron chi connectivity index (χ4n) is 2.31. The van der Waals surface area contributed by atoms with Gasteiger partial charge in [-0.25, -0.2) is 9.97 Å². The standard InChI is InChI=1S/C15H18N6/c1-3-11-8-18-15(16)21-14(11)17-7-10-4-5-12-13(6-10)20-9(2)19-12/h4-6,8H,3,7H2,1-2H3,(H,19,20)(H3,16,17,18,21). The summed E-state index contributed by atoms with van der Waals surface area (Å²) in [4.78, 5) is 15.9. The average molecular weight is 282 g/mol. The van der Waals surface area contributed by atoms with Gasteiger partial charge in [0.05, 0.1) is 11.0 Å². The molecule has 6 nitrogen and oxygen atoms in total. The van der Waals surface area contributed by atoms with E-state index in [0.29, 0.717) is 6.54 Å². The number of benzene rings is 1. The molecule has 0 atom stereocenters. The number of aryl methyl sites for hydroxylation is 2. The van der Waals surface area contributed by atoms with Gasteiger partial charge < -0.3 is 16.0 Å². The summed E-state index contributed by atoms with van der Waals surface area (Å²) in [6, 6.07) is 6.18. The van der Waals surface area contributed by atoms with Crippen molar-refractivity contribution >= 4 is 22.8 Å². The molecule has 2 heterocycles. The number of hydrogen-bond donors (Lipinski definition) is 3. The summed E-state index contributed by atoms with van der Waals surface area (Å²) >= 11 is 0. The number of aromatic amines is 1. The molecule has 0 saturated heterocycles. The molecule has 4 N–H and O–H groups in total. The maximum Gasteiger partial charge on any atom is 0.221 e. The monoisotopic (exact) mass is 282 g/mol. The number of nitrogen functional groups attached to an aromatic ring is 1. The molecule has 0 unspecified atom stereocenters. The number of fused-ring (bicyclic) bond motifs is 1. The molecule has 0 saturated carbocycles. The quantitative estimate of drug-likeness (QED) is 0.683. The Balaban J connectivity index is 1.81. The lowest BCUT2D eigenvalue weighted by molar-refractivity contribution is 1.02. The molecule has 1 aromatic carbocycles. The molecule has 0 fully saturated rings. The Labute approximate surface area is 122 Å². The van der Waals surface area contributed by atoms with Gasteiger partial charge in [0.15, 0.2) is 0 Å². The molecule has 6 heteroatoms. The highest BCUT2D eigenvalue weighted by molar-refractivity contribution is 5.75. The highest BCUT2D eigenvalue weighted by atomic mass is 15.1. The minimum absolute atomic E-state index is 0.286. The van der Waals surface area contributed by atoms with Crippen molar-refractivity contribution in [1.82, 2.24) is 19.9 Å². The molecule has 3 aromatic rings. The van der Waals surface area contributed by atoms with Crippen LogP contribution in [-0.2, 0) is 13.0 Å². The van der Waals surface area contributed by atoms with Gasteiger partial charge in [-0.15, -0.1) is 0 Å². The van der Waals surface area contributed by atoms with E-state index in [1.807, 2.05) is 13.0 Å². The smallest absolute Gasteiger partial charge is 0.221 e. The van der Waals surface area contributed by atoms with Gasteiger partial charge in [0.2, 0.25) is 5.95 Å². The first kappa shape index (κ1) is 13.4. The van der Waals surface area contributed by atoms with Crippen LogP contribution in [0, 0.1) is 6.92 Å². The lowest BCUT2D eigenvalue weighted by atomic mass is 10.2. The molecule has 2 aromatic heterocycles. The Morgan fingerprint density at radius 2 is 2.14 bits per heavy atom. The summed E-state index contributed by atoms with van der Waals surface area (Å²) in [6.45, 7) is 4.70. The molecule has 0 aliphatic heterocycles. The van der Waals surface area contributed by atoms with Gasteiger partial charge in [-0.05, 0) is 31.0 Å². The number of anilines is 2. The predicted octanol–water partition coefficient (Wildman–Crippen LogP) is 2.42. The number of rotatable bonds is 4. The van der Waals surface area contributed by atoms with Crippen LogP contribution >= 0.6 is 0 Å². The van der Waals surface area contributed by atoms with Gasteiger partial charge in [0, 0.05) is 18.3 Å². The maximum absolute atomic E-state index is 5.65. The summed E-state index contributed by atoms with van der Waals surface area (Å²) < 4.78 is 0. The van der Waals surface area contributed by atoms with Gasteiger partial charge in [0.1, 0.15) is 11.6 Å². The minimum atomic E-state index is 0.286.